The highest BCUT2D eigenvalue weighted by Gasteiger charge is 2.25. The van der Waals surface area contributed by atoms with Gasteiger partial charge >= 0.3 is 0 Å². The number of rotatable bonds is 3. The van der Waals surface area contributed by atoms with Crippen molar-refractivity contribution in [3.8, 4) is 5.69 Å². The van der Waals surface area contributed by atoms with E-state index in [-0.39, 0.29) is 5.91 Å². The number of carbonyl (C=O) groups is 1. The van der Waals surface area contributed by atoms with Crippen LogP contribution in [-0.2, 0) is 11.5 Å². The second-order valence-electron chi connectivity index (χ2n) is 5.12. The molecular formula is C16H12ClN3OS2. The molecule has 0 bridgehead atoms. The summed E-state index contributed by atoms with van der Waals surface area (Å²) in [5.41, 5.74) is 3.69. The summed E-state index contributed by atoms with van der Waals surface area (Å²) in [6.45, 7) is 0. The van der Waals surface area contributed by atoms with Gasteiger partial charge in [-0.25, -0.2) is 4.68 Å². The Labute approximate surface area is 146 Å². The Morgan fingerprint density at radius 2 is 2.04 bits per heavy atom. The van der Waals surface area contributed by atoms with Gasteiger partial charge in [0.1, 0.15) is 5.82 Å². The molecule has 116 valence electrons. The van der Waals surface area contributed by atoms with Crippen molar-refractivity contribution in [2.75, 3.05) is 5.32 Å². The van der Waals surface area contributed by atoms with Crippen LogP contribution in [0.15, 0.2) is 41.1 Å². The molecule has 1 amide bonds. The number of halogens is 1. The molecule has 23 heavy (non-hydrogen) atoms. The molecule has 0 aliphatic carbocycles. The van der Waals surface area contributed by atoms with Crippen LogP contribution < -0.4 is 5.32 Å². The van der Waals surface area contributed by atoms with Crippen LogP contribution in [0.5, 0.6) is 0 Å². The lowest BCUT2D eigenvalue weighted by atomic mass is 10.2. The minimum atomic E-state index is -0.110. The molecule has 1 aliphatic heterocycles. The summed E-state index contributed by atoms with van der Waals surface area (Å²) >= 11 is 9.28. The Kier molecular flexibility index (Phi) is 3.88. The molecule has 0 atom stereocenters. The number of nitrogens with zero attached hydrogens (tertiary/aromatic N) is 2. The predicted molar refractivity (Wildman–Crippen MR) is 95.8 cm³/mol. The van der Waals surface area contributed by atoms with E-state index >= 15 is 0 Å². The van der Waals surface area contributed by atoms with E-state index in [1.54, 1.807) is 4.68 Å². The molecule has 1 aromatic carbocycles. The fourth-order valence-corrected chi connectivity index (χ4v) is 4.28. The number of thioether (sulfide) groups is 1. The lowest BCUT2D eigenvalue weighted by Gasteiger charge is -2.10. The van der Waals surface area contributed by atoms with Gasteiger partial charge in [-0.2, -0.15) is 28.2 Å². The highest BCUT2D eigenvalue weighted by atomic mass is 35.5. The van der Waals surface area contributed by atoms with Crippen LogP contribution in [0, 0.1) is 0 Å². The molecule has 1 aliphatic rings. The normalized spacial score (nSPS) is 13.1. The van der Waals surface area contributed by atoms with Crippen molar-refractivity contribution in [1.82, 2.24) is 9.78 Å². The van der Waals surface area contributed by atoms with E-state index < -0.39 is 0 Å². The number of nitrogens with one attached hydrogen (secondary N) is 1. The first kappa shape index (κ1) is 14.8. The number of thiophene rings is 1. The van der Waals surface area contributed by atoms with Crippen LogP contribution in [0.4, 0.5) is 5.82 Å². The van der Waals surface area contributed by atoms with Gasteiger partial charge in [-0.05, 0) is 35.7 Å². The van der Waals surface area contributed by atoms with E-state index in [0.717, 1.165) is 34.3 Å². The molecule has 0 fully saturated rings. The average molecular weight is 362 g/mol. The van der Waals surface area contributed by atoms with Gasteiger partial charge in [-0.3, -0.25) is 4.79 Å². The number of hydrogen-bond acceptors (Lipinski definition) is 4. The minimum absolute atomic E-state index is 0.110. The van der Waals surface area contributed by atoms with Crippen molar-refractivity contribution in [1.29, 1.82) is 0 Å². The fourth-order valence-electron chi connectivity index (χ4n) is 2.48. The lowest BCUT2D eigenvalue weighted by molar-refractivity contribution is 0.102. The van der Waals surface area contributed by atoms with E-state index in [9.17, 15) is 4.79 Å². The van der Waals surface area contributed by atoms with Crippen molar-refractivity contribution in [3.63, 3.8) is 0 Å². The summed E-state index contributed by atoms with van der Waals surface area (Å²) < 4.78 is 1.80. The fraction of sp³-hybridized carbons (Fsp3) is 0.125. The smallest absolute Gasteiger partial charge is 0.257 e. The average Bonchev–Trinajstić information content (AvgIpc) is 3.26. The van der Waals surface area contributed by atoms with Gasteiger partial charge in [0, 0.05) is 27.5 Å². The van der Waals surface area contributed by atoms with Crippen LogP contribution >= 0.6 is 34.7 Å². The van der Waals surface area contributed by atoms with Gasteiger partial charge < -0.3 is 5.32 Å². The van der Waals surface area contributed by atoms with Gasteiger partial charge in [0.2, 0.25) is 0 Å². The Morgan fingerprint density at radius 1 is 1.22 bits per heavy atom. The van der Waals surface area contributed by atoms with E-state index in [0.29, 0.717) is 10.6 Å². The molecular weight excluding hydrogens is 350 g/mol. The number of benzene rings is 1. The van der Waals surface area contributed by atoms with Crippen LogP contribution in [0.3, 0.4) is 0 Å². The molecule has 0 saturated carbocycles. The number of aromatic nitrogens is 2. The molecule has 1 N–H and O–H groups in total. The summed E-state index contributed by atoms with van der Waals surface area (Å²) in [6, 6.07) is 9.26. The van der Waals surface area contributed by atoms with Crippen LogP contribution in [-0.4, -0.2) is 15.7 Å². The Bertz CT molecular complexity index is 856. The Hall–Kier alpha value is -1.76. The van der Waals surface area contributed by atoms with Gasteiger partial charge in [0.15, 0.2) is 0 Å². The summed E-state index contributed by atoms with van der Waals surface area (Å²) in [4.78, 5) is 12.4. The number of fused-ring (bicyclic) bond motifs is 1. The van der Waals surface area contributed by atoms with E-state index in [1.807, 2.05) is 52.9 Å². The molecule has 2 aromatic heterocycles. The first-order valence-corrected chi connectivity index (χ1v) is 9.48. The standard InChI is InChI=1S/C16H12ClN3OS2/c17-11-1-3-12(4-2-11)20-15(13-8-23-9-14(13)19-20)18-16(21)10-5-6-22-7-10/h1-7H,8-9H2,(H,18,21). The third-order valence-corrected chi connectivity index (χ3v) is 5.54. The highest BCUT2D eigenvalue weighted by molar-refractivity contribution is 7.98. The minimum Gasteiger partial charge on any atom is -0.306 e. The first-order chi connectivity index (χ1) is 11.2. The van der Waals surface area contributed by atoms with Crippen molar-refractivity contribution < 1.29 is 4.79 Å². The zero-order valence-electron chi connectivity index (χ0n) is 12.0. The number of carbonyl (C=O) groups excluding carboxylic acids is 1. The van der Waals surface area contributed by atoms with Crippen molar-refractivity contribution in [2.24, 2.45) is 0 Å². The Morgan fingerprint density at radius 3 is 2.78 bits per heavy atom. The Balaban J connectivity index is 1.75. The van der Waals surface area contributed by atoms with Crippen molar-refractivity contribution >= 4 is 46.4 Å². The maximum Gasteiger partial charge on any atom is 0.257 e. The van der Waals surface area contributed by atoms with E-state index in [4.69, 9.17) is 11.6 Å². The number of hydrogen-bond donors (Lipinski definition) is 1. The molecule has 0 spiro atoms. The molecule has 4 rings (SSSR count). The molecule has 4 nitrogen and oxygen atoms in total. The summed E-state index contributed by atoms with van der Waals surface area (Å²) in [5, 5.41) is 12.1. The van der Waals surface area contributed by atoms with Crippen LogP contribution in [0.25, 0.3) is 5.69 Å². The maximum absolute atomic E-state index is 12.4. The SMILES string of the molecule is O=C(Nc1c2c(nn1-c1ccc(Cl)cc1)CSC2)c1ccsc1. The van der Waals surface area contributed by atoms with Gasteiger partial charge in [0.25, 0.3) is 5.91 Å². The molecule has 0 radical (unpaired) electrons. The summed E-state index contributed by atoms with van der Waals surface area (Å²) in [6.07, 6.45) is 0. The molecule has 3 aromatic rings. The van der Waals surface area contributed by atoms with E-state index in [1.165, 1.54) is 11.3 Å². The molecule has 7 heteroatoms. The van der Waals surface area contributed by atoms with Gasteiger partial charge in [-0.15, -0.1) is 0 Å². The monoisotopic (exact) mass is 361 g/mol. The van der Waals surface area contributed by atoms with Gasteiger partial charge in [0.05, 0.1) is 16.9 Å². The quantitative estimate of drug-likeness (QED) is 0.742. The van der Waals surface area contributed by atoms with Crippen molar-refractivity contribution in [3.05, 3.63) is 62.9 Å². The molecule has 0 saturated heterocycles. The predicted octanol–water partition coefficient (Wildman–Crippen LogP) is 4.59. The topological polar surface area (TPSA) is 46.9 Å². The first-order valence-electron chi connectivity index (χ1n) is 7.00. The zero-order valence-corrected chi connectivity index (χ0v) is 14.3. The number of anilines is 1. The summed E-state index contributed by atoms with van der Waals surface area (Å²) in [5.74, 6) is 2.38. The zero-order chi connectivity index (χ0) is 15.8. The third-order valence-electron chi connectivity index (χ3n) is 3.64. The van der Waals surface area contributed by atoms with Gasteiger partial charge in [-0.1, -0.05) is 11.6 Å². The molecule has 3 heterocycles. The lowest BCUT2D eigenvalue weighted by Crippen LogP contribution is -2.15. The second kappa shape index (κ2) is 6.03. The van der Waals surface area contributed by atoms with Crippen LogP contribution in [0.2, 0.25) is 5.02 Å². The molecule has 0 unspecified atom stereocenters. The largest absolute Gasteiger partial charge is 0.306 e. The summed E-state index contributed by atoms with van der Waals surface area (Å²) in [7, 11) is 0. The highest BCUT2D eigenvalue weighted by Crippen LogP contribution is 2.36. The maximum atomic E-state index is 12.4. The van der Waals surface area contributed by atoms with Crippen LogP contribution in [0.1, 0.15) is 21.6 Å². The van der Waals surface area contributed by atoms with E-state index in [2.05, 4.69) is 10.4 Å². The second-order valence-corrected chi connectivity index (χ2v) is 7.32. The van der Waals surface area contributed by atoms with Crippen molar-refractivity contribution in [2.45, 2.75) is 11.5 Å². The third kappa shape index (κ3) is 2.78. The number of amides is 1.